The van der Waals surface area contributed by atoms with E-state index < -0.39 is 20.0 Å². The van der Waals surface area contributed by atoms with Gasteiger partial charge in [-0.2, -0.15) is 0 Å². The first-order valence-electron chi connectivity index (χ1n) is 26.1. The number of phosphoric ester groups is 1. The SMILES string of the molecule is CC/C=C\C/C=C\C/C=C\C/C=C\C/C=C\CC(=O)NC(COP(=O)([O-])OCC[N+](C)(C)C)C(O)CCCCCCCCCCCCCCCCCCCCCCCCCCCC. The van der Waals surface area contributed by atoms with Crippen LogP contribution in [0.5, 0.6) is 0 Å². The number of hydrogen-bond donors (Lipinski definition) is 2. The van der Waals surface area contributed by atoms with Gasteiger partial charge in [-0.05, 0) is 38.5 Å². The van der Waals surface area contributed by atoms with Crippen LogP contribution >= 0.6 is 7.82 Å². The molecule has 63 heavy (non-hydrogen) atoms. The highest BCUT2D eigenvalue weighted by Crippen LogP contribution is 2.38. The Labute approximate surface area is 390 Å². The monoisotopic (exact) mass is 905 g/mol. The van der Waals surface area contributed by atoms with Crippen molar-refractivity contribution in [2.75, 3.05) is 40.9 Å². The van der Waals surface area contributed by atoms with Gasteiger partial charge in [0.25, 0.3) is 7.82 Å². The van der Waals surface area contributed by atoms with E-state index in [1.807, 2.05) is 27.2 Å². The van der Waals surface area contributed by atoms with Crippen LogP contribution in [0.3, 0.4) is 0 Å². The summed E-state index contributed by atoms with van der Waals surface area (Å²) in [6.07, 6.45) is 60.0. The fourth-order valence-corrected chi connectivity index (χ4v) is 8.18. The third kappa shape index (κ3) is 48.0. The summed E-state index contributed by atoms with van der Waals surface area (Å²) in [5.74, 6) is -0.291. The van der Waals surface area contributed by atoms with Gasteiger partial charge in [0.1, 0.15) is 13.2 Å². The van der Waals surface area contributed by atoms with Gasteiger partial charge in [0.2, 0.25) is 5.91 Å². The molecule has 0 saturated carbocycles. The Morgan fingerprint density at radius 3 is 1.27 bits per heavy atom. The van der Waals surface area contributed by atoms with Gasteiger partial charge in [-0.25, -0.2) is 0 Å². The number of rotatable bonds is 47. The molecule has 0 aromatic carbocycles. The van der Waals surface area contributed by atoms with Crippen LogP contribution in [0.2, 0.25) is 0 Å². The van der Waals surface area contributed by atoms with E-state index in [9.17, 15) is 19.4 Å². The quantitative estimate of drug-likeness (QED) is 0.0273. The number of nitrogens with one attached hydrogen (secondary N) is 1. The minimum Gasteiger partial charge on any atom is -0.756 e. The van der Waals surface area contributed by atoms with Crippen molar-refractivity contribution in [3.8, 4) is 0 Å². The molecule has 9 heteroatoms. The number of aliphatic hydroxyl groups excluding tert-OH is 1. The van der Waals surface area contributed by atoms with Crippen LogP contribution in [-0.4, -0.2) is 68.5 Å². The zero-order chi connectivity index (χ0) is 46.4. The lowest BCUT2D eigenvalue weighted by Gasteiger charge is -2.30. The Morgan fingerprint density at radius 2 is 0.905 bits per heavy atom. The van der Waals surface area contributed by atoms with E-state index in [1.165, 1.54) is 148 Å². The second kappa shape index (κ2) is 45.4. The van der Waals surface area contributed by atoms with Gasteiger partial charge in [-0.1, -0.05) is 242 Å². The zero-order valence-electron chi connectivity index (χ0n) is 41.8. The maximum Gasteiger partial charge on any atom is 0.268 e. The summed E-state index contributed by atoms with van der Waals surface area (Å²) in [6, 6.07) is -0.858. The van der Waals surface area contributed by atoms with E-state index in [-0.39, 0.29) is 25.5 Å². The number of quaternary nitrogens is 1. The van der Waals surface area contributed by atoms with Gasteiger partial charge in [0.15, 0.2) is 0 Å². The Bertz CT molecular complexity index is 1210. The van der Waals surface area contributed by atoms with E-state index in [1.54, 1.807) is 6.08 Å². The number of hydrogen-bond acceptors (Lipinski definition) is 6. The fourth-order valence-electron chi connectivity index (χ4n) is 7.46. The molecule has 368 valence electrons. The van der Waals surface area contributed by atoms with Gasteiger partial charge >= 0.3 is 0 Å². The van der Waals surface area contributed by atoms with Crippen LogP contribution in [0.1, 0.15) is 226 Å². The highest BCUT2D eigenvalue weighted by atomic mass is 31.2. The van der Waals surface area contributed by atoms with Gasteiger partial charge in [0, 0.05) is 6.42 Å². The molecule has 8 nitrogen and oxygen atoms in total. The third-order valence-electron chi connectivity index (χ3n) is 11.5. The van der Waals surface area contributed by atoms with Crippen LogP contribution in [-0.2, 0) is 18.4 Å². The summed E-state index contributed by atoms with van der Waals surface area (Å²) in [5, 5.41) is 13.9. The van der Waals surface area contributed by atoms with Gasteiger partial charge in [-0.15, -0.1) is 0 Å². The van der Waals surface area contributed by atoms with E-state index in [4.69, 9.17) is 9.05 Å². The molecular formula is C54H101N2O6P. The highest BCUT2D eigenvalue weighted by Gasteiger charge is 2.24. The molecule has 0 aromatic heterocycles. The molecule has 3 atom stereocenters. The number of carbonyl (C=O) groups excluding carboxylic acids is 1. The molecule has 0 radical (unpaired) electrons. The van der Waals surface area contributed by atoms with Crippen molar-refractivity contribution >= 4 is 13.7 Å². The summed E-state index contributed by atoms with van der Waals surface area (Å²) in [5.41, 5.74) is 0. The van der Waals surface area contributed by atoms with Crippen LogP contribution < -0.4 is 10.2 Å². The summed E-state index contributed by atoms with van der Waals surface area (Å²) in [6.45, 7) is 4.54. The highest BCUT2D eigenvalue weighted by molar-refractivity contribution is 7.45. The second-order valence-electron chi connectivity index (χ2n) is 18.9. The normalized spacial score (nSPS) is 14.6. The number of nitrogens with zero attached hydrogens (tertiary/aromatic N) is 1. The average Bonchev–Trinajstić information content (AvgIpc) is 3.24. The Balaban J connectivity index is 4.25. The molecule has 0 fully saturated rings. The van der Waals surface area contributed by atoms with Crippen LogP contribution in [0.25, 0.3) is 0 Å². The van der Waals surface area contributed by atoms with E-state index >= 15 is 0 Å². The number of amides is 1. The Kier molecular flexibility index (Phi) is 44.1. The number of phosphoric acid groups is 1. The van der Waals surface area contributed by atoms with Crippen molar-refractivity contribution in [2.24, 2.45) is 0 Å². The van der Waals surface area contributed by atoms with Crippen molar-refractivity contribution in [3.63, 3.8) is 0 Å². The number of carbonyl (C=O) groups is 1. The fraction of sp³-hybridized carbons (Fsp3) is 0.796. The van der Waals surface area contributed by atoms with Crippen molar-refractivity contribution in [3.05, 3.63) is 60.8 Å². The molecule has 0 aliphatic carbocycles. The van der Waals surface area contributed by atoms with Crippen molar-refractivity contribution in [1.29, 1.82) is 0 Å². The molecule has 0 aliphatic heterocycles. The molecule has 0 heterocycles. The Hall–Kier alpha value is -1.80. The maximum absolute atomic E-state index is 12.8. The van der Waals surface area contributed by atoms with Gasteiger partial charge < -0.3 is 28.8 Å². The first kappa shape index (κ1) is 61.2. The summed E-state index contributed by atoms with van der Waals surface area (Å²) >= 11 is 0. The van der Waals surface area contributed by atoms with Gasteiger partial charge in [0.05, 0.1) is 39.9 Å². The molecular weight excluding hydrogens is 804 g/mol. The molecule has 2 N–H and O–H groups in total. The van der Waals surface area contributed by atoms with Crippen molar-refractivity contribution < 1.29 is 32.9 Å². The first-order valence-corrected chi connectivity index (χ1v) is 27.6. The lowest BCUT2D eigenvalue weighted by Crippen LogP contribution is -2.46. The topological polar surface area (TPSA) is 108 Å². The minimum absolute atomic E-state index is 0.00643. The summed E-state index contributed by atoms with van der Waals surface area (Å²) in [4.78, 5) is 25.3. The minimum atomic E-state index is -4.60. The van der Waals surface area contributed by atoms with E-state index in [2.05, 4.69) is 67.8 Å². The van der Waals surface area contributed by atoms with E-state index in [0.29, 0.717) is 23.9 Å². The maximum atomic E-state index is 12.8. The first-order chi connectivity index (χ1) is 30.5. The number of unbranched alkanes of at least 4 members (excludes halogenated alkanes) is 25. The van der Waals surface area contributed by atoms with E-state index in [0.717, 1.165) is 44.9 Å². The largest absolute Gasteiger partial charge is 0.756 e. The third-order valence-corrected chi connectivity index (χ3v) is 12.5. The number of likely N-dealkylation sites (N-methyl/N-ethyl adjacent to an activating group) is 1. The molecule has 0 bridgehead atoms. The summed E-state index contributed by atoms with van der Waals surface area (Å²) in [7, 11) is 1.25. The molecule has 0 rings (SSSR count). The van der Waals surface area contributed by atoms with Crippen LogP contribution in [0.4, 0.5) is 0 Å². The van der Waals surface area contributed by atoms with Crippen molar-refractivity contribution in [1.82, 2.24) is 5.32 Å². The molecule has 3 unspecified atom stereocenters. The van der Waals surface area contributed by atoms with Crippen LogP contribution in [0.15, 0.2) is 60.8 Å². The average molecular weight is 905 g/mol. The molecule has 1 amide bonds. The van der Waals surface area contributed by atoms with Crippen LogP contribution in [0, 0.1) is 0 Å². The number of allylic oxidation sites excluding steroid dienone is 9. The summed E-state index contributed by atoms with van der Waals surface area (Å²) < 4.78 is 23.3. The molecule has 0 aromatic rings. The zero-order valence-corrected chi connectivity index (χ0v) is 42.7. The van der Waals surface area contributed by atoms with Gasteiger partial charge in [-0.3, -0.25) is 9.36 Å². The lowest BCUT2D eigenvalue weighted by molar-refractivity contribution is -0.870. The lowest BCUT2D eigenvalue weighted by atomic mass is 10.0. The van der Waals surface area contributed by atoms with Crippen molar-refractivity contribution in [2.45, 2.75) is 238 Å². The smallest absolute Gasteiger partial charge is 0.268 e. The molecule has 0 aliphatic rings. The number of aliphatic hydroxyl groups is 1. The standard InChI is InChI=1S/C54H101N2O6P/c1-6-8-10-12-14-16-18-20-22-23-24-25-26-27-28-29-30-31-32-34-35-37-39-41-43-45-47-53(57)52(51-62-63(59,60)61-50-49-56(3,4)5)55-54(58)48-46-44-42-40-38-36-33-21-19-17-15-13-11-9-7-2/h9,11,15,17,21,33,38,40,44,46,52-53,57H,6-8,10,12-14,16,18-20,22-32,34-37,39,41-43,45,47-51H2,1-5H3,(H-,55,58,59,60)/b11-9-,17-15-,33-21-,40-38-,46-44-. The molecule has 0 saturated heterocycles. The predicted molar refractivity (Wildman–Crippen MR) is 270 cm³/mol. The second-order valence-corrected chi connectivity index (χ2v) is 20.3. The predicted octanol–water partition coefficient (Wildman–Crippen LogP) is 14.7. The molecule has 0 spiro atoms. The Morgan fingerprint density at radius 1 is 0.556 bits per heavy atom.